The number of fused-ring (bicyclic) bond motifs is 4. The first-order valence-corrected chi connectivity index (χ1v) is 21.6. The fraction of sp³-hybridized carbons (Fsp3) is 0.634. The van der Waals surface area contributed by atoms with Crippen molar-refractivity contribution < 1.29 is 31.5 Å². The third kappa shape index (κ3) is 8.48. The molecule has 3 fully saturated rings. The van der Waals surface area contributed by atoms with Gasteiger partial charge in [0.15, 0.2) is 0 Å². The number of benzene rings is 2. The summed E-state index contributed by atoms with van der Waals surface area (Å²) < 4.78 is 71.8. The lowest BCUT2D eigenvalue weighted by molar-refractivity contribution is -0.119. The highest BCUT2D eigenvalue weighted by molar-refractivity contribution is 7.90. The number of piperazine rings is 1. The molecule has 1 amide bonds. The number of amides is 1. The summed E-state index contributed by atoms with van der Waals surface area (Å²) in [5, 5.41) is -0.156. The van der Waals surface area contributed by atoms with E-state index in [1.165, 1.54) is 0 Å². The van der Waals surface area contributed by atoms with Gasteiger partial charge in [0.2, 0.25) is 10.0 Å². The standard InChI is InChI=1S/C41H55ClF2N4O5S/c1-28-7-6-15-40(52-3,27-46-19-20-47-18-16-41(43,44)23-35(47)25-46)36-13-10-32(36)24-48-17-5-4-8-30-21-34(42)12-9-33(30)26-53-38-14-11-31(22-37(38)48)39(49)45-54(50,51)29(28)2/h6,9,11-12,14-15,21-22,28-29,32,35-36H,4-5,7-8,10,13,16-20,23-27H2,1-3H3,(H,45,49)/b15-6+/t28-,29+,32-,35-,36+,40-/m0/s1. The maximum atomic E-state index is 14.6. The molecule has 1 aliphatic carbocycles. The van der Waals surface area contributed by atoms with Crippen molar-refractivity contribution in [2.45, 2.75) is 94.6 Å². The minimum Gasteiger partial charge on any atom is -0.487 e. The summed E-state index contributed by atoms with van der Waals surface area (Å²) in [6.45, 7) is 8.32. The molecule has 13 heteroatoms. The van der Waals surface area contributed by atoms with Crippen LogP contribution in [-0.2, 0) is 27.8 Å². The lowest BCUT2D eigenvalue weighted by Crippen LogP contribution is -2.62. The Balaban J connectivity index is 1.24. The molecule has 296 valence electrons. The quantitative estimate of drug-likeness (QED) is 0.335. The Bertz CT molecular complexity index is 1830. The molecular formula is C41H55ClF2N4O5S. The fourth-order valence-electron chi connectivity index (χ4n) is 9.32. The number of methoxy groups -OCH3 is 1. The Kier molecular flexibility index (Phi) is 11.7. The summed E-state index contributed by atoms with van der Waals surface area (Å²) in [5.41, 5.74) is 2.51. The van der Waals surface area contributed by atoms with Crippen molar-refractivity contribution in [3.05, 3.63) is 70.3 Å². The largest absolute Gasteiger partial charge is 0.487 e. The van der Waals surface area contributed by atoms with E-state index in [1.54, 1.807) is 32.2 Å². The lowest BCUT2D eigenvalue weighted by atomic mass is 9.63. The van der Waals surface area contributed by atoms with Gasteiger partial charge in [-0.1, -0.05) is 36.7 Å². The summed E-state index contributed by atoms with van der Waals surface area (Å²) in [5.74, 6) is -2.61. The van der Waals surface area contributed by atoms with E-state index >= 15 is 0 Å². The Morgan fingerprint density at radius 2 is 1.85 bits per heavy atom. The van der Waals surface area contributed by atoms with Gasteiger partial charge < -0.3 is 14.4 Å². The molecule has 2 aromatic carbocycles. The van der Waals surface area contributed by atoms with Crippen LogP contribution in [0.3, 0.4) is 0 Å². The molecule has 5 aliphatic rings. The topological polar surface area (TPSA) is 91.4 Å². The molecule has 0 radical (unpaired) electrons. The fourth-order valence-corrected chi connectivity index (χ4v) is 10.8. The van der Waals surface area contributed by atoms with Crippen LogP contribution < -0.4 is 14.4 Å². The molecule has 9 nitrogen and oxygen atoms in total. The predicted molar refractivity (Wildman–Crippen MR) is 208 cm³/mol. The maximum absolute atomic E-state index is 14.6. The maximum Gasteiger partial charge on any atom is 0.264 e. The molecule has 4 heterocycles. The highest BCUT2D eigenvalue weighted by Gasteiger charge is 2.50. The van der Waals surface area contributed by atoms with E-state index in [2.05, 4.69) is 25.5 Å². The van der Waals surface area contributed by atoms with Gasteiger partial charge >= 0.3 is 0 Å². The van der Waals surface area contributed by atoms with Gasteiger partial charge in [-0.2, -0.15) is 0 Å². The molecule has 0 aromatic heterocycles. The number of piperidine rings is 1. The van der Waals surface area contributed by atoms with Crippen LogP contribution in [0.4, 0.5) is 14.5 Å². The average Bonchev–Trinajstić information content (AvgIpc) is 3.14. The van der Waals surface area contributed by atoms with Gasteiger partial charge in [0.25, 0.3) is 11.8 Å². The molecule has 54 heavy (non-hydrogen) atoms. The molecule has 6 atom stereocenters. The molecular weight excluding hydrogens is 734 g/mol. The third-order valence-electron chi connectivity index (χ3n) is 13.0. The average molecular weight is 789 g/mol. The molecule has 4 aliphatic heterocycles. The number of carbonyl (C=O) groups is 1. The molecule has 2 bridgehead atoms. The van der Waals surface area contributed by atoms with Crippen molar-refractivity contribution in [1.29, 1.82) is 0 Å². The summed E-state index contributed by atoms with van der Waals surface area (Å²) in [6.07, 6.45) is 9.05. The van der Waals surface area contributed by atoms with Crippen molar-refractivity contribution in [2.75, 3.05) is 57.8 Å². The van der Waals surface area contributed by atoms with Crippen molar-refractivity contribution in [3.63, 3.8) is 0 Å². The Hall–Kier alpha value is -2.77. The van der Waals surface area contributed by atoms with Crippen LogP contribution in [-0.4, -0.2) is 99.9 Å². The first-order valence-electron chi connectivity index (χ1n) is 19.7. The van der Waals surface area contributed by atoms with Crippen molar-refractivity contribution >= 4 is 33.2 Å². The van der Waals surface area contributed by atoms with E-state index in [-0.39, 0.29) is 42.2 Å². The number of nitrogens with zero attached hydrogens (tertiary/aromatic N) is 3. The number of sulfonamides is 1. The molecule has 1 saturated carbocycles. The molecule has 0 spiro atoms. The van der Waals surface area contributed by atoms with Crippen LogP contribution in [0.1, 0.15) is 80.3 Å². The molecule has 2 aromatic rings. The first kappa shape index (κ1) is 39.5. The first-order chi connectivity index (χ1) is 25.8. The number of allylic oxidation sites excluding steroid dienone is 1. The van der Waals surface area contributed by atoms with Gasteiger partial charge in [0, 0.05) is 82.4 Å². The van der Waals surface area contributed by atoms with Crippen molar-refractivity contribution in [1.82, 2.24) is 14.5 Å². The van der Waals surface area contributed by atoms with E-state index in [0.29, 0.717) is 56.5 Å². The molecule has 7 rings (SSSR count). The highest BCUT2D eigenvalue weighted by atomic mass is 35.5. The number of hydrogen-bond donors (Lipinski definition) is 1. The number of alkyl halides is 2. The van der Waals surface area contributed by atoms with Crippen LogP contribution in [0.25, 0.3) is 0 Å². The Morgan fingerprint density at radius 3 is 2.63 bits per heavy atom. The zero-order valence-electron chi connectivity index (χ0n) is 31.7. The predicted octanol–water partition coefficient (Wildman–Crippen LogP) is 6.93. The van der Waals surface area contributed by atoms with E-state index in [4.69, 9.17) is 21.1 Å². The van der Waals surface area contributed by atoms with Crippen LogP contribution in [0, 0.1) is 17.8 Å². The number of rotatable bonds is 3. The second-order valence-electron chi connectivity index (χ2n) is 16.4. The number of nitrogens with one attached hydrogen (secondary N) is 1. The third-order valence-corrected chi connectivity index (χ3v) is 15.2. The SMILES string of the molecule is CO[C@]1(CN2CCN3CCC(F)(F)C[C@H]3C2)/C=C/C[C@H](C)[C@@H](C)S(=O)(=O)NC(=O)c2ccc3c(c2)N(CCCCc2cc(Cl)ccc2CO3)C[C@@H]2CC[C@H]21. The molecule has 1 N–H and O–H groups in total. The Morgan fingerprint density at radius 1 is 1.02 bits per heavy atom. The Labute approximate surface area is 324 Å². The summed E-state index contributed by atoms with van der Waals surface area (Å²) in [7, 11) is -2.26. The zero-order chi connectivity index (χ0) is 38.3. The van der Waals surface area contributed by atoms with Gasteiger partial charge in [-0.3, -0.25) is 14.6 Å². The van der Waals surface area contributed by atoms with E-state index in [9.17, 15) is 22.0 Å². The number of halogens is 3. The number of carbonyl (C=O) groups excluding carboxylic acids is 1. The summed E-state index contributed by atoms with van der Waals surface area (Å²) in [4.78, 5) is 20.4. The second-order valence-corrected chi connectivity index (χ2v) is 18.9. The number of anilines is 1. The van der Waals surface area contributed by atoms with Crippen LogP contribution in [0.2, 0.25) is 5.02 Å². The van der Waals surface area contributed by atoms with E-state index in [0.717, 1.165) is 62.0 Å². The molecule has 0 unspecified atom stereocenters. The number of aryl methyl sites for hydroxylation is 1. The van der Waals surface area contributed by atoms with Gasteiger partial charge in [-0.05, 0) is 105 Å². The lowest BCUT2D eigenvalue weighted by Gasteiger charge is -2.53. The van der Waals surface area contributed by atoms with E-state index < -0.39 is 32.7 Å². The van der Waals surface area contributed by atoms with Crippen LogP contribution in [0.15, 0.2) is 48.6 Å². The smallest absolute Gasteiger partial charge is 0.264 e. The number of hydrogen-bond acceptors (Lipinski definition) is 8. The number of ether oxygens (including phenoxy) is 2. The van der Waals surface area contributed by atoms with Gasteiger partial charge in [-0.25, -0.2) is 21.9 Å². The minimum atomic E-state index is -4.02. The van der Waals surface area contributed by atoms with Crippen molar-refractivity contribution in [2.24, 2.45) is 17.8 Å². The molecule has 2 saturated heterocycles. The normalized spacial score (nSPS) is 32.7. The minimum absolute atomic E-state index is 0.0819. The van der Waals surface area contributed by atoms with Crippen LogP contribution in [0.5, 0.6) is 5.75 Å². The summed E-state index contributed by atoms with van der Waals surface area (Å²) in [6, 6.07) is 10.9. The van der Waals surface area contributed by atoms with E-state index in [1.807, 2.05) is 31.2 Å². The van der Waals surface area contributed by atoms with Gasteiger partial charge in [0.1, 0.15) is 18.0 Å². The second kappa shape index (κ2) is 16.0. The van der Waals surface area contributed by atoms with Crippen LogP contribution >= 0.6 is 11.6 Å². The van der Waals surface area contributed by atoms with Gasteiger partial charge in [-0.15, -0.1) is 0 Å². The van der Waals surface area contributed by atoms with Gasteiger partial charge in [0.05, 0.1) is 10.9 Å². The monoisotopic (exact) mass is 788 g/mol. The van der Waals surface area contributed by atoms with Crippen molar-refractivity contribution in [3.8, 4) is 5.75 Å². The highest BCUT2D eigenvalue weighted by Crippen LogP contribution is 2.47. The summed E-state index contributed by atoms with van der Waals surface area (Å²) >= 11 is 6.39. The zero-order valence-corrected chi connectivity index (χ0v) is 33.3.